The Labute approximate surface area is 115 Å². The van der Waals surface area contributed by atoms with Crippen molar-refractivity contribution in [3.05, 3.63) is 48.0 Å². The highest BCUT2D eigenvalue weighted by Gasteiger charge is 2.10. The van der Waals surface area contributed by atoms with Crippen molar-refractivity contribution in [3.63, 3.8) is 0 Å². The van der Waals surface area contributed by atoms with E-state index in [1.807, 2.05) is 12.1 Å². The maximum Gasteiger partial charge on any atom is 0.337 e. The Morgan fingerprint density at radius 2 is 1.89 bits per heavy atom. The second-order valence-corrected chi connectivity index (χ2v) is 4.96. The van der Waals surface area contributed by atoms with Gasteiger partial charge in [-0.15, -0.1) is 0 Å². The number of carbonyl (C=O) groups excluding carboxylic acids is 1. The molecule has 2 rings (SSSR count). The topological polar surface area (TPSA) is 72.5 Å². The zero-order valence-electron chi connectivity index (χ0n) is 10.3. The Balaban J connectivity index is 2.22. The second kappa shape index (κ2) is 5.67. The number of methoxy groups -OCH3 is 1. The van der Waals surface area contributed by atoms with E-state index < -0.39 is 5.97 Å². The van der Waals surface area contributed by atoms with Crippen molar-refractivity contribution in [1.29, 1.82) is 0 Å². The smallest absolute Gasteiger partial charge is 0.337 e. The SMILES string of the molecule is COC(=O)c1ccc(Sc2ccc(N)cc2)c(O)c1. The van der Waals surface area contributed by atoms with E-state index in [1.54, 1.807) is 24.3 Å². The quantitative estimate of drug-likeness (QED) is 0.665. The van der Waals surface area contributed by atoms with Crippen LogP contribution in [0.15, 0.2) is 52.3 Å². The molecular formula is C14H13NO3S. The lowest BCUT2D eigenvalue weighted by atomic mass is 10.2. The summed E-state index contributed by atoms with van der Waals surface area (Å²) in [4.78, 5) is 12.9. The average Bonchev–Trinajstić information content (AvgIpc) is 2.42. The highest BCUT2D eigenvalue weighted by molar-refractivity contribution is 7.99. The molecule has 0 aliphatic carbocycles. The minimum atomic E-state index is -0.473. The largest absolute Gasteiger partial charge is 0.507 e. The van der Waals surface area contributed by atoms with Gasteiger partial charge in [0.05, 0.1) is 17.6 Å². The summed E-state index contributed by atoms with van der Waals surface area (Å²) in [6.07, 6.45) is 0. The molecule has 5 heteroatoms. The third kappa shape index (κ3) is 3.20. The fraction of sp³-hybridized carbons (Fsp3) is 0.0714. The minimum Gasteiger partial charge on any atom is -0.507 e. The van der Waals surface area contributed by atoms with Crippen molar-refractivity contribution in [2.75, 3.05) is 12.8 Å². The van der Waals surface area contributed by atoms with E-state index in [9.17, 15) is 9.90 Å². The molecule has 2 aromatic rings. The van der Waals surface area contributed by atoms with Crippen LogP contribution in [-0.4, -0.2) is 18.2 Å². The highest BCUT2D eigenvalue weighted by atomic mass is 32.2. The van der Waals surface area contributed by atoms with Crippen LogP contribution in [0.1, 0.15) is 10.4 Å². The van der Waals surface area contributed by atoms with E-state index in [1.165, 1.54) is 24.9 Å². The van der Waals surface area contributed by atoms with Crippen molar-refractivity contribution in [2.24, 2.45) is 0 Å². The standard InChI is InChI=1S/C14H13NO3S/c1-18-14(17)9-2-7-13(12(16)8-9)19-11-5-3-10(15)4-6-11/h2-8,16H,15H2,1H3. The fourth-order valence-corrected chi connectivity index (χ4v) is 2.34. The summed E-state index contributed by atoms with van der Waals surface area (Å²) in [6, 6.07) is 12.0. The molecule has 0 atom stereocenters. The Morgan fingerprint density at radius 3 is 2.47 bits per heavy atom. The van der Waals surface area contributed by atoms with Crippen LogP contribution in [0.2, 0.25) is 0 Å². The van der Waals surface area contributed by atoms with E-state index in [2.05, 4.69) is 4.74 Å². The van der Waals surface area contributed by atoms with Gasteiger partial charge >= 0.3 is 5.97 Å². The van der Waals surface area contributed by atoms with Crippen LogP contribution in [0.4, 0.5) is 5.69 Å². The first kappa shape index (κ1) is 13.3. The summed E-state index contributed by atoms with van der Waals surface area (Å²) in [7, 11) is 1.30. The lowest BCUT2D eigenvalue weighted by Crippen LogP contribution is -2.00. The lowest BCUT2D eigenvalue weighted by Gasteiger charge is -2.06. The zero-order chi connectivity index (χ0) is 13.8. The van der Waals surface area contributed by atoms with E-state index in [0.29, 0.717) is 16.1 Å². The molecule has 0 aliphatic rings. The third-order valence-corrected chi connectivity index (χ3v) is 3.56. The molecule has 0 fully saturated rings. The van der Waals surface area contributed by atoms with Gasteiger partial charge in [0.15, 0.2) is 0 Å². The van der Waals surface area contributed by atoms with Crippen LogP contribution in [0.3, 0.4) is 0 Å². The van der Waals surface area contributed by atoms with Gasteiger partial charge in [0.1, 0.15) is 5.75 Å². The molecule has 3 N–H and O–H groups in total. The maximum absolute atomic E-state index is 11.3. The molecule has 0 aliphatic heterocycles. The molecule has 19 heavy (non-hydrogen) atoms. The molecule has 0 spiro atoms. The molecule has 0 saturated carbocycles. The highest BCUT2D eigenvalue weighted by Crippen LogP contribution is 2.35. The van der Waals surface area contributed by atoms with Crippen LogP contribution >= 0.6 is 11.8 Å². The summed E-state index contributed by atoms with van der Waals surface area (Å²) < 4.78 is 4.59. The predicted molar refractivity (Wildman–Crippen MR) is 74.4 cm³/mol. The number of aromatic hydroxyl groups is 1. The number of ether oxygens (including phenoxy) is 1. The van der Waals surface area contributed by atoms with Gasteiger partial charge in [-0.25, -0.2) is 4.79 Å². The molecule has 0 amide bonds. The van der Waals surface area contributed by atoms with Gasteiger partial charge in [0.25, 0.3) is 0 Å². The normalized spacial score (nSPS) is 10.2. The fourth-order valence-electron chi connectivity index (χ4n) is 1.51. The molecule has 0 unspecified atom stereocenters. The molecule has 98 valence electrons. The molecule has 0 bridgehead atoms. The first-order valence-corrected chi connectivity index (χ1v) is 6.36. The van der Waals surface area contributed by atoms with Crippen LogP contribution in [0, 0.1) is 0 Å². The Kier molecular flexibility index (Phi) is 3.97. The van der Waals surface area contributed by atoms with Gasteiger partial charge in [-0.3, -0.25) is 0 Å². The predicted octanol–water partition coefficient (Wildman–Crippen LogP) is 2.91. The number of benzene rings is 2. The van der Waals surface area contributed by atoms with Crippen LogP contribution in [-0.2, 0) is 4.74 Å². The summed E-state index contributed by atoms with van der Waals surface area (Å²) >= 11 is 1.39. The number of hydrogen-bond donors (Lipinski definition) is 2. The van der Waals surface area contributed by atoms with E-state index in [-0.39, 0.29) is 5.75 Å². The van der Waals surface area contributed by atoms with Crippen molar-refractivity contribution in [1.82, 2.24) is 0 Å². The number of carbonyl (C=O) groups is 1. The number of esters is 1. The van der Waals surface area contributed by atoms with E-state index >= 15 is 0 Å². The van der Waals surface area contributed by atoms with E-state index in [4.69, 9.17) is 5.73 Å². The Bertz CT molecular complexity index is 596. The molecule has 0 saturated heterocycles. The minimum absolute atomic E-state index is 0.0460. The van der Waals surface area contributed by atoms with Crippen LogP contribution < -0.4 is 5.73 Å². The monoisotopic (exact) mass is 275 g/mol. The summed E-state index contributed by atoms with van der Waals surface area (Å²) in [6.45, 7) is 0. The number of anilines is 1. The van der Waals surface area contributed by atoms with Gasteiger partial charge in [0, 0.05) is 10.6 Å². The number of hydrogen-bond acceptors (Lipinski definition) is 5. The number of phenols is 1. The zero-order valence-corrected chi connectivity index (χ0v) is 11.1. The Hall–Kier alpha value is -2.14. The summed E-state index contributed by atoms with van der Waals surface area (Å²) in [5.41, 5.74) is 6.62. The molecule has 0 heterocycles. The van der Waals surface area contributed by atoms with E-state index in [0.717, 1.165) is 4.90 Å². The van der Waals surface area contributed by atoms with Crippen LogP contribution in [0.25, 0.3) is 0 Å². The van der Waals surface area contributed by atoms with Crippen molar-refractivity contribution in [2.45, 2.75) is 9.79 Å². The van der Waals surface area contributed by atoms with Crippen molar-refractivity contribution < 1.29 is 14.6 Å². The number of nitrogen functional groups attached to an aromatic ring is 1. The first-order chi connectivity index (χ1) is 9.10. The third-order valence-electron chi connectivity index (χ3n) is 2.49. The van der Waals surface area contributed by atoms with Gasteiger partial charge in [0.2, 0.25) is 0 Å². The molecule has 0 radical (unpaired) electrons. The molecule has 2 aromatic carbocycles. The average molecular weight is 275 g/mol. The summed E-state index contributed by atoms with van der Waals surface area (Å²) in [5, 5.41) is 9.90. The van der Waals surface area contributed by atoms with Gasteiger partial charge in [-0.1, -0.05) is 11.8 Å². The maximum atomic E-state index is 11.3. The van der Waals surface area contributed by atoms with Crippen molar-refractivity contribution in [3.8, 4) is 5.75 Å². The van der Waals surface area contributed by atoms with Gasteiger partial charge in [-0.2, -0.15) is 0 Å². The van der Waals surface area contributed by atoms with Gasteiger partial charge in [-0.05, 0) is 42.5 Å². The lowest BCUT2D eigenvalue weighted by molar-refractivity contribution is 0.0600. The first-order valence-electron chi connectivity index (χ1n) is 5.55. The number of rotatable bonds is 3. The van der Waals surface area contributed by atoms with Crippen molar-refractivity contribution >= 4 is 23.4 Å². The van der Waals surface area contributed by atoms with Crippen LogP contribution in [0.5, 0.6) is 5.75 Å². The molecule has 4 nitrogen and oxygen atoms in total. The van der Waals surface area contributed by atoms with Gasteiger partial charge < -0.3 is 15.6 Å². The summed E-state index contributed by atoms with van der Waals surface area (Å²) in [5.74, 6) is -0.427. The Morgan fingerprint density at radius 1 is 1.21 bits per heavy atom. The molecule has 0 aromatic heterocycles. The number of phenolic OH excluding ortho intramolecular Hbond substituents is 1. The second-order valence-electron chi connectivity index (χ2n) is 3.85. The number of nitrogens with two attached hydrogens (primary N) is 1. The molecular weight excluding hydrogens is 262 g/mol.